The lowest BCUT2D eigenvalue weighted by molar-refractivity contribution is -0.156. The number of hydrogen-bond acceptors (Lipinski definition) is 8. The number of hydrogen-bond donors (Lipinski definition) is 2. The Bertz CT molecular complexity index is 1650. The van der Waals surface area contributed by atoms with E-state index in [4.69, 9.17) is 26.0 Å². The van der Waals surface area contributed by atoms with Crippen LogP contribution in [-0.2, 0) is 36.9 Å². The first kappa shape index (κ1) is 53.3. The maximum Gasteiger partial charge on any atom is 0.446 e. The fourth-order valence-corrected chi connectivity index (χ4v) is 8.30. The van der Waals surface area contributed by atoms with Crippen molar-refractivity contribution >= 4 is 42.3 Å². The number of amides is 2. The molecule has 2 saturated heterocycles. The van der Waals surface area contributed by atoms with Crippen molar-refractivity contribution in [2.45, 2.75) is 114 Å². The summed E-state index contributed by atoms with van der Waals surface area (Å²) in [6.07, 6.45) is -4.12. The Labute approximate surface area is 366 Å². The summed E-state index contributed by atoms with van der Waals surface area (Å²) in [6, 6.07) is 15.8. The van der Waals surface area contributed by atoms with Crippen molar-refractivity contribution in [3.05, 3.63) is 70.2 Å². The zero-order valence-corrected chi connectivity index (χ0v) is 35.5. The predicted molar refractivity (Wildman–Crippen MR) is 218 cm³/mol. The molecule has 1 saturated carbocycles. The third-order valence-electron chi connectivity index (χ3n) is 11.1. The highest BCUT2D eigenvalue weighted by molar-refractivity contribution is 6.30. The van der Waals surface area contributed by atoms with Crippen molar-refractivity contribution in [2.75, 3.05) is 45.8 Å². The largest absolute Gasteiger partial charge is 0.446 e. The molecule has 3 atom stereocenters. The molecule has 3 fully saturated rings. The summed E-state index contributed by atoms with van der Waals surface area (Å²) in [5, 5.41) is 7.29. The van der Waals surface area contributed by atoms with Gasteiger partial charge in [-0.1, -0.05) is 86.5 Å². The summed E-state index contributed by atoms with van der Waals surface area (Å²) in [7, 11) is 0. The molecule has 2 aromatic rings. The van der Waals surface area contributed by atoms with Gasteiger partial charge in [-0.3, -0.25) is 28.9 Å². The molecule has 63 heavy (non-hydrogen) atoms. The Hall–Kier alpha value is -4.07. The van der Waals surface area contributed by atoms with Crippen LogP contribution in [-0.4, -0.2) is 122 Å². The van der Waals surface area contributed by atoms with Crippen molar-refractivity contribution in [1.29, 1.82) is 0 Å². The number of halogens is 10. The van der Waals surface area contributed by atoms with E-state index in [-0.39, 0.29) is 17.9 Å². The summed E-state index contributed by atoms with van der Waals surface area (Å²) in [6.45, 7) is 7.63. The maximum atomic E-state index is 14.1. The first-order valence-electron chi connectivity index (χ1n) is 20.9. The zero-order valence-electron chi connectivity index (χ0n) is 34.8. The molecule has 2 amide bonds. The lowest BCUT2D eigenvalue weighted by Gasteiger charge is -2.43. The van der Waals surface area contributed by atoms with Crippen LogP contribution in [0, 0.1) is 5.92 Å². The number of aldehydes is 3. The second-order valence-corrected chi connectivity index (χ2v) is 16.3. The van der Waals surface area contributed by atoms with Crippen LogP contribution < -0.4 is 10.6 Å². The number of nitrogens with one attached hydrogen (secondary N) is 2. The predicted octanol–water partition coefficient (Wildman–Crippen LogP) is 7.81. The third kappa shape index (κ3) is 21.0. The van der Waals surface area contributed by atoms with E-state index in [1.54, 1.807) is 0 Å². The van der Waals surface area contributed by atoms with Crippen molar-refractivity contribution in [3.8, 4) is 0 Å². The highest BCUT2D eigenvalue weighted by atomic mass is 35.5. The molecule has 2 unspecified atom stereocenters. The number of carbonyl (C=O) groups is 5. The molecule has 6 rings (SSSR count). The topological polar surface area (TPSA) is 119 Å². The highest BCUT2D eigenvalue weighted by Gasteiger charge is 2.34. The van der Waals surface area contributed by atoms with Gasteiger partial charge in [0, 0.05) is 69.2 Å². The first-order chi connectivity index (χ1) is 29.7. The molecule has 2 aromatic carbocycles. The van der Waals surface area contributed by atoms with Crippen LogP contribution in [0.15, 0.2) is 48.5 Å². The van der Waals surface area contributed by atoms with E-state index in [1.807, 2.05) is 41.3 Å². The van der Waals surface area contributed by atoms with Crippen LogP contribution in [0.25, 0.3) is 0 Å². The number of rotatable bonds is 11. The molecule has 2 N–H and O–H groups in total. The van der Waals surface area contributed by atoms with Gasteiger partial charge in [0.1, 0.15) is 6.04 Å². The second-order valence-electron chi connectivity index (χ2n) is 15.9. The molecular weight excluding hydrogens is 873 g/mol. The molecule has 4 aliphatic rings. The summed E-state index contributed by atoms with van der Waals surface area (Å²) in [5.41, 5.74) is 3.41. The normalized spacial score (nSPS) is 19.6. The van der Waals surface area contributed by atoms with Crippen molar-refractivity contribution < 1.29 is 63.5 Å². The third-order valence-corrected chi connectivity index (χ3v) is 11.4. The minimum atomic E-state index is -4.64. The minimum Gasteiger partial charge on any atom is -0.344 e. The Kier molecular flexibility index (Phi) is 22.0. The quantitative estimate of drug-likeness (QED) is 0.173. The Morgan fingerprint density at radius 2 is 1.25 bits per heavy atom. The van der Waals surface area contributed by atoms with Gasteiger partial charge in [-0.25, -0.2) is 0 Å². The van der Waals surface area contributed by atoms with E-state index >= 15 is 0 Å². The number of benzene rings is 2. The molecule has 0 aromatic heterocycles. The number of fused-ring (bicyclic) bond motifs is 1. The number of carbonyl (C=O) groups excluding carboxylic acids is 5. The van der Waals surface area contributed by atoms with Gasteiger partial charge in [-0.05, 0) is 67.1 Å². The lowest BCUT2D eigenvalue weighted by Crippen LogP contribution is -2.58. The average Bonchev–Trinajstić information content (AvgIpc) is 3.66. The molecule has 3 aliphatic heterocycles. The van der Waals surface area contributed by atoms with Gasteiger partial charge in [-0.15, -0.1) is 0 Å². The fourth-order valence-electron chi connectivity index (χ4n) is 8.17. The molecule has 0 bridgehead atoms. The zero-order chi connectivity index (χ0) is 46.6. The van der Waals surface area contributed by atoms with Gasteiger partial charge in [0.15, 0.2) is 0 Å². The van der Waals surface area contributed by atoms with E-state index < -0.39 is 43.4 Å². The van der Waals surface area contributed by atoms with Gasteiger partial charge in [0.2, 0.25) is 30.7 Å². The fraction of sp³-hybridized carbons (Fsp3) is 0.605. The Balaban J connectivity index is 0.000000494. The summed E-state index contributed by atoms with van der Waals surface area (Å²) in [5.74, 6) is 0.773. The van der Waals surface area contributed by atoms with Crippen LogP contribution in [0.4, 0.5) is 39.5 Å². The number of likely N-dealkylation sites (tertiary alicyclic amines) is 1. The van der Waals surface area contributed by atoms with Crippen LogP contribution in [0.1, 0.15) is 86.9 Å². The van der Waals surface area contributed by atoms with Crippen LogP contribution in [0.5, 0.6) is 0 Å². The molecular formula is C43H55ClF9N5O5. The van der Waals surface area contributed by atoms with E-state index in [9.17, 15) is 49.1 Å². The summed E-state index contributed by atoms with van der Waals surface area (Å²) >= 11 is 6.16. The Morgan fingerprint density at radius 3 is 1.79 bits per heavy atom. The Morgan fingerprint density at radius 1 is 0.730 bits per heavy atom. The standard InChI is InChI=1S/C37H52ClN5O2.3C2HF3O/c38-31-15-13-29(14-16-31)24-35(40-36(44)25-34-33-12-6-5-11-30(33)26-39-34)37(45)43-21-19-42(20-22-43)32(23-28-9-3-1-4-10-28)27-41-17-7-2-8-18-41;3*3-2(4,5)1-6/h5-6,11-16,28,32,34-35,39H,1-4,7-10,17-27H2,(H,40,44);3*1H/t32?,34?,35-;;;/m1.../s1. The number of alkyl halides is 9. The minimum absolute atomic E-state index is 0.0255. The molecule has 0 spiro atoms. The summed E-state index contributed by atoms with van der Waals surface area (Å²) < 4.78 is 93.8. The van der Waals surface area contributed by atoms with Gasteiger partial charge in [-0.2, -0.15) is 39.5 Å². The lowest BCUT2D eigenvalue weighted by atomic mass is 9.84. The first-order valence-corrected chi connectivity index (χ1v) is 21.3. The average molecular weight is 928 g/mol. The molecule has 10 nitrogen and oxygen atoms in total. The van der Waals surface area contributed by atoms with Crippen LogP contribution in [0.3, 0.4) is 0 Å². The van der Waals surface area contributed by atoms with Crippen molar-refractivity contribution in [2.24, 2.45) is 5.92 Å². The van der Waals surface area contributed by atoms with E-state index in [2.05, 4.69) is 32.6 Å². The molecule has 3 heterocycles. The van der Waals surface area contributed by atoms with E-state index in [1.165, 1.54) is 82.0 Å². The van der Waals surface area contributed by atoms with Crippen molar-refractivity contribution in [3.63, 3.8) is 0 Å². The molecule has 20 heteroatoms. The number of nitrogens with zero attached hydrogens (tertiary/aromatic N) is 3. The maximum absolute atomic E-state index is 14.1. The van der Waals surface area contributed by atoms with E-state index in [0.29, 0.717) is 37.0 Å². The number of piperazine rings is 1. The van der Waals surface area contributed by atoms with Gasteiger partial charge >= 0.3 is 18.5 Å². The van der Waals surface area contributed by atoms with E-state index in [0.717, 1.165) is 37.7 Å². The molecule has 0 radical (unpaired) electrons. The SMILES string of the molecule is O=C(CC1NCc2ccccc21)N[C@H](Cc1ccc(Cl)cc1)C(=O)N1CCN(C(CC2CCCCC2)CN2CCCCC2)CC1.O=CC(F)(F)F.O=CC(F)(F)F.O=CC(F)(F)F. The van der Waals surface area contributed by atoms with Crippen LogP contribution in [0.2, 0.25) is 5.02 Å². The monoisotopic (exact) mass is 927 g/mol. The highest BCUT2D eigenvalue weighted by Crippen LogP contribution is 2.30. The second kappa shape index (κ2) is 26.0. The molecule has 1 aliphatic carbocycles. The summed E-state index contributed by atoms with van der Waals surface area (Å²) in [4.78, 5) is 61.0. The smallest absolute Gasteiger partial charge is 0.344 e. The number of piperidine rings is 1. The van der Waals surface area contributed by atoms with Crippen LogP contribution >= 0.6 is 11.6 Å². The van der Waals surface area contributed by atoms with Crippen molar-refractivity contribution in [1.82, 2.24) is 25.3 Å². The molecule has 352 valence electrons. The van der Waals surface area contributed by atoms with Gasteiger partial charge in [0.05, 0.1) is 0 Å². The van der Waals surface area contributed by atoms with Gasteiger partial charge < -0.3 is 20.4 Å². The van der Waals surface area contributed by atoms with Gasteiger partial charge in [0.25, 0.3) is 0 Å².